The number of hydrogen-bond donors (Lipinski definition) is 1. The predicted molar refractivity (Wildman–Crippen MR) is 73.1 cm³/mol. The van der Waals surface area contributed by atoms with Crippen molar-refractivity contribution in [3.8, 4) is 0 Å². The minimum absolute atomic E-state index is 0.0419. The van der Waals surface area contributed by atoms with Crippen molar-refractivity contribution in [3.63, 3.8) is 0 Å². The molecule has 102 valence electrons. The van der Waals surface area contributed by atoms with Crippen molar-refractivity contribution in [2.45, 2.75) is 58.1 Å². The quantitative estimate of drug-likeness (QED) is 0.822. The van der Waals surface area contributed by atoms with E-state index in [1.54, 1.807) is 0 Å². The summed E-state index contributed by atoms with van der Waals surface area (Å²) in [5.41, 5.74) is 6.44. The van der Waals surface area contributed by atoms with Crippen molar-refractivity contribution in [2.24, 2.45) is 11.1 Å². The zero-order valence-electron chi connectivity index (χ0n) is 12.3. The molecule has 1 fully saturated rings. The molecule has 0 heterocycles. The first kappa shape index (κ1) is 14.9. The number of hydrogen-bond acceptors (Lipinski definition) is 3. The molecule has 3 nitrogen and oxygen atoms in total. The average Bonchev–Trinajstić information content (AvgIpc) is 2.26. The van der Waals surface area contributed by atoms with E-state index in [9.17, 15) is 0 Å². The lowest BCUT2D eigenvalue weighted by molar-refractivity contribution is -0.0740. The zero-order chi connectivity index (χ0) is 13.1. The van der Waals surface area contributed by atoms with Gasteiger partial charge in [0.2, 0.25) is 0 Å². The molecular formula is C14H30N2O. The van der Waals surface area contributed by atoms with Gasteiger partial charge in [-0.15, -0.1) is 0 Å². The molecule has 2 atom stereocenters. The highest BCUT2D eigenvalue weighted by molar-refractivity contribution is 5.00. The highest BCUT2D eigenvalue weighted by Crippen LogP contribution is 2.35. The van der Waals surface area contributed by atoms with E-state index in [1.807, 2.05) is 7.11 Å². The predicted octanol–water partition coefficient (Wildman–Crippen LogP) is 2.25. The molecule has 17 heavy (non-hydrogen) atoms. The van der Waals surface area contributed by atoms with Gasteiger partial charge < -0.3 is 10.5 Å². The van der Waals surface area contributed by atoms with Crippen LogP contribution in [-0.2, 0) is 4.74 Å². The van der Waals surface area contributed by atoms with Gasteiger partial charge >= 0.3 is 0 Å². The van der Waals surface area contributed by atoms with Crippen LogP contribution in [0.25, 0.3) is 0 Å². The smallest absolute Gasteiger partial charge is 0.0767 e. The molecule has 0 aromatic carbocycles. The molecule has 0 aromatic heterocycles. The average molecular weight is 242 g/mol. The van der Waals surface area contributed by atoms with Gasteiger partial charge in [0.25, 0.3) is 0 Å². The monoisotopic (exact) mass is 242 g/mol. The summed E-state index contributed by atoms with van der Waals surface area (Å²) in [5, 5.41) is 0. The second kappa shape index (κ2) is 5.68. The Morgan fingerprint density at radius 3 is 2.47 bits per heavy atom. The van der Waals surface area contributed by atoms with Crippen LogP contribution in [0.3, 0.4) is 0 Å². The minimum Gasteiger partial charge on any atom is -0.379 e. The summed E-state index contributed by atoms with van der Waals surface area (Å²) >= 11 is 0. The van der Waals surface area contributed by atoms with Crippen molar-refractivity contribution in [2.75, 3.05) is 27.2 Å². The maximum Gasteiger partial charge on any atom is 0.0767 e. The standard InChI is InChI=1S/C14H30N2O/c1-13(2,3)11-16(4)14(10-15)9-7-6-8-12(14)17-5/h12H,6-11,15H2,1-5H3. The summed E-state index contributed by atoms with van der Waals surface area (Å²) in [6.45, 7) is 8.58. The van der Waals surface area contributed by atoms with Crippen LogP contribution in [0.5, 0.6) is 0 Å². The van der Waals surface area contributed by atoms with Crippen LogP contribution >= 0.6 is 0 Å². The molecule has 1 aliphatic carbocycles. The molecular weight excluding hydrogens is 212 g/mol. The Morgan fingerprint density at radius 1 is 1.35 bits per heavy atom. The van der Waals surface area contributed by atoms with E-state index in [0.717, 1.165) is 19.4 Å². The first-order valence-corrected chi connectivity index (χ1v) is 6.80. The Balaban J connectivity index is 2.84. The molecule has 0 spiro atoms. The van der Waals surface area contributed by atoms with Crippen LogP contribution in [0.1, 0.15) is 46.5 Å². The topological polar surface area (TPSA) is 38.5 Å². The summed E-state index contributed by atoms with van der Waals surface area (Å²) in [6, 6.07) is 0. The van der Waals surface area contributed by atoms with Gasteiger partial charge in [0.15, 0.2) is 0 Å². The van der Waals surface area contributed by atoms with Gasteiger partial charge in [0, 0.05) is 20.2 Å². The maximum absolute atomic E-state index is 6.10. The Hall–Kier alpha value is -0.120. The van der Waals surface area contributed by atoms with Crippen molar-refractivity contribution < 1.29 is 4.74 Å². The second-order valence-electron chi connectivity index (χ2n) is 6.69. The number of likely N-dealkylation sites (N-methyl/N-ethyl adjacent to an activating group) is 1. The SMILES string of the molecule is COC1CCCCC1(CN)N(C)CC(C)(C)C. The normalized spacial score (nSPS) is 30.9. The van der Waals surface area contributed by atoms with Crippen LogP contribution in [0.15, 0.2) is 0 Å². The number of methoxy groups -OCH3 is 1. The lowest BCUT2D eigenvalue weighted by atomic mass is 9.77. The van der Waals surface area contributed by atoms with E-state index in [1.165, 1.54) is 12.8 Å². The van der Waals surface area contributed by atoms with E-state index in [2.05, 4.69) is 32.7 Å². The van der Waals surface area contributed by atoms with Gasteiger partial charge in [-0.1, -0.05) is 33.6 Å². The molecule has 0 bridgehead atoms. The highest BCUT2D eigenvalue weighted by Gasteiger charge is 2.44. The zero-order valence-corrected chi connectivity index (χ0v) is 12.3. The maximum atomic E-state index is 6.10. The number of nitrogens with zero attached hydrogens (tertiary/aromatic N) is 1. The van der Waals surface area contributed by atoms with Gasteiger partial charge in [-0.25, -0.2) is 0 Å². The molecule has 2 N–H and O–H groups in total. The first-order valence-electron chi connectivity index (χ1n) is 6.80. The third-order valence-corrected chi connectivity index (χ3v) is 4.04. The molecule has 0 aliphatic heterocycles. The van der Waals surface area contributed by atoms with Crippen molar-refractivity contribution in [1.29, 1.82) is 0 Å². The van der Waals surface area contributed by atoms with Crippen molar-refractivity contribution >= 4 is 0 Å². The van der Waals surface area contributed by atoms with E-state index in [4.69, 9.17) is 10.5 Å². The Labute approximate surface area is 107 Å². The third-order valence-electron chi connectivity index (χ3n) is 4.04. The number of nitrogens with two attached hydrogens (primary N) is 1. The van der Waals surface area contributed by atoms with Crippen LogP contribution < -0.4 is 5.73 Å². The number of ether oxygens (including phenoxy) is 1. The van der Waals surface area contributed by atoms with E-state index < -0.39 is 0 Å². The molecule has 0 amide bonds. The summed E-state index contributed by atoms with van der Waals surface area (Å²) < 4.78 is 5.71. The molecule has 1 aliphatic rings. The van der Waals surface area contributed by atoms with Gasteiger partial charge in [-0.05, 0) is 25.3 Å². The van der Waals surface area contributed by atoms with E-state index in [-0.39, 0.29) is 11.6 Å². The molecule has 1 saturated carbocycles. The molecule has 1 rings (SSSR count). The minimum atomic E-state index is 0.0419. The lowest BCUT2D eigenvalue weighted by Crippen LogP contribution is -2.63. The Kier molecular flexibility index (Phi) is 4.99. The van der Waals surface area contributed by atoms with E-state index in [0.29, 0.717) is 12.0 Å². The Morgan fingerprint density at radius 2 is 2.00 bits per heavy atom. The molecule has 3 heteroatoms. The summed E-state index contributed by atoms with van der Waals surface area (Å²) in [4.78, 5) is 2.44. The van der Waals surface area contributed by atoms with Crippen LogP contribution in [0.2, 0.25) is 0 Å². The van der Waals surface area contributed by atoms with E-state index >= 15 is 0 Å². The fraction of sp³-hybridized carbons (Fsp3) is 1.00. The van der Waals surface area contributed by atoms with Gasteiger partial charge in [0.1, 0.15) is 0 Å². The molecule has 0 aromatic rings. The molecule has 0 radical (unpaired) electrons. The lowest BCUT2D eigenvalue weighted by Gasteiger charge is -2.50. The molecule has 0 saturated heterocycles. The van der Waals surface area contributed by atoms with Crippen LogP contribution in [0.4, 0.5) is 0 Å². The Bertz CT molecular complexity index is 237. The fourth-order valence-electron chi connectivity index (χ4n) is 3.22. The van der Waals surface area contributed by atoms with Gasteiger partial charge in [-0.3, -0.25) is 4.90 Å². The number of rotatable bonds is 4. The van der Waals surface area contributed by atoms with Crippen LogP contribution in [-0.4, -0.2) is 43.8 Å². The third kappa shape index (κ3) is 3.43. The van der Waals surface area contributed by atoms with Crippen molar-refractivity contribution in [3.05, 3.63) is 0 Å². The van der Waals surface area contributed by atoms with Gasteiger partial charge in [-0.2, -0.15) is 0 Å². The van der Waals surface area contributed by atoms with Gasteiger partial charge in [0.05, 0.1) is 11.6 Å². The summed E-state index contributed by atoms with van der Waals surface area (Å²) in [6.07, 6.45) is 5.12. The van der Waals surface area contributed by atoms with Crippen LogP contribution in [0, 0.1) is 5.41 Å². The highest BCUT2D eigenvalue weighted by atomic mass is 16.5. The second-order valence-corrected chi connectivity index (χ2v) is 6.69. The summed E-state index contributed by atoms with van der Waals surface area (Å²) in [5.74, 6) is 0. The largest absolute Gasteiger partial charge is 0.379 e. The molecule has 2 unspecified atom stereocenters. The van der Waals surface area contributed by atoms with Crippen molar-refractivity contribution in [1.82, 2.24) is 4.90 Å². The fourth-order valence-corrected chi connectivity index (χ4v) is 3.22. The first-order chi connectivity index (χ1) is 7.85. The summed E-state index contributed by atoms with van der Waals surface area (Å²) in [7, 11) is 4.03.